The minimum absolute atomic E-state index is 0.0266. The molecule has 0 radical (unpaired) electrons. The van der Waals surface area contributed by atoms with E-state index in [0.29, 0.717) is 5.56 Å². The number of Topliss-reactive ketones (excluding diaryl/α,β-unsaturated/α-hetero) is 1. The van der Waals surface area contributed by atoms with Gasteiger partial charge in [0.2, 0.25) is 0 Å². The molecule has 0 aliphatic carbocycles. The number of hydrogen-bond donors (Lipinski definition) is 1. The van der Waals surface area contributed by atoms with Gasteiger partial charge in [-0.25, -0.2) is 9.67 Å². The smallest absolute Gasteiger partial charge is 0.350 e. The van der Waals surface area contributed by atoms with Crippen LogP contribution in [-0.4, -0.2) is 47.5 Å². The molecule has 3 heterocycles. The molecule has 0 aliphatic heterocycles. The highest BCUT2D eigenvalue weighted by Crippen LogP contribution is 2.38. The number of halogens is 7. The van der Waals surface area contributed by atoms with Crippen LogP contribution in [0.15, 0.2) is 36.5 Å². The van der Waals surface area contributed by atoms with E-state index >= 15 is 0 Å². The van der Waals surface area contributed by atoms with E-state index in [1.165, 1.54) is 30.5 Å². The van der Waals surface area contributed by atoms with E-state index in [2.05, 4.69) is 25.6 Å². The second-order valence-electron chi connectivity index (χ2n) is 9.82. The summed E-state index contributed by atoms with van der Waals surface area (Å²) < 4.78 is 80.6. The Hall–Kier alpha value is -4.78. The van der Waals surface area contributed by atoms with Crippen LogP contribution in [0.1, 0.15) is 68.5 Å². The number of pyridine rings is 1. The Balaban J connectivity index is 1.80. The zero-order valence-electron chi connectivity index (χ0n) is 23.0. The SMILES string of the molecule is Cc1cc(C#N)cc(C(=O)NC(C)C)c1CC(=O)c1cc(Cn2nc(C(F)(F)F)c(C(F)(F)F)n2)nn1-c1ncccc1Cl. The van der Waals surface area contributed by atoms with E-state index in [1.807, 2.05) is 6.07 Å². The van der Waals surface area contributed by atoms with Gasteiger partial charge in [-0.2, -0.15) is 41.5 Å². The van der Waals surface area contributed by atoms with Gasteiger partial charge in [0.25, 0.3) is 5.91 Å². The Morgan fingerprint density at radius 1 is 1.05 bits per heavy atom. The van der Waals surface area contributed by atoms with Crippen LogP contribution in [-0.2, 0) is 25.3 Å². The number of rotatable bonds is 8. The molecular weight excluding hydrogens is 618 g/mol. The molecule has 4 rings (SSSR count). The number of amides is 1. The van der Waals surface area contributed by atoms with Crippen molar-refractivity contribution in [3.63, 3.8) is 0 Å². The van der Waals surface area contributed by atoms with Gasteiger partial charge in [0.05, 0.1) is 22.3 Å². The third-order valence-corrected chi connectivity index (χ3v) is 6.38. The second-order valence-corrected chi connectivity index (χ2v) is 10.2. The fourth-order valence-electron chi connectivity index (χ4n) is 4.26. The largest absolute Gasteiger partial charge is 0.437 e. The van der Waals surface area contributed by atoms with Crippen molar-refractivity contribution < 1.29 is 35.9 Å². The van der Waals surface area contributed by atoms with Crippen molar-refractivity contribution in [3.8, 4) is 11.9 Å². The van der Waals surface area contributed by atoms with Gasteiger partial charge in [-0.1, -0.05) is 11.6 Å². The Morgan fingerprint density at radius 2 is 1.68 bits per heavy atom. The van der Waals surface area contributed by atoms with Gasteiger partial charge in [0.1, 0.15) is 12.2 Å². The van der Waals surface area contributed by atoms with Crippen molar-refractivity contribution in [1.82, 2.24) is 35.1 Å². The number of benzene rings is 1. The van der Waals surface area contributed by atoms with Crippen LogP contribution >= 0.6 is 11.6 Å². The third-order valence-electron chi connectivity index (χ3n) is 6.08. The molecule has 0 bridgehead atoms. The van der Waals surface area contributed by atoms with Crippen LogP contribution in [0.5, 0.6) is 0 Å². The van der Waals surface area contributed by atoms with Crippen LogP contribution in [0, 0.1) is 18.3 Å². The van der Waals surface area contributed by atoms with Crippen LogP contribution < -0.4 is 5.32 Å². The second kappa shape index (κ2) is 12.1. The first-order valence-electron chi connectivity index (χ1n) is 12.7. The number of carbonyl (C=O) groups excluding carboxylic acids is 2. The van der Waals surface area contributed by atoms with Gasteiger partial charge in [0.15, 0.2) is 23.0 Å². The summed E-state index contributed by atoms with van der Waals surface area (Å²) in [6.45, 7) is 4.27. The summed E-state index contributed by atoms with van der Waals surface area (Å²) in [4.78, 5) is 31.0. The predicted octanol–water partition coefficient (Wildman–Crippen LogP) is 5.34. The molecule has 0 fully saturated rings. The lowest BCUT2D eigenvalue weighted by Gasteiger charge is -2.15. The summed E-state index contributed by atoms with van der Waals surface area (Å²) in [7, 11) is 0. The number of nitrogens with one attached hydrogen (secondary N) is 1. The van der Waals surface area contributed by atoms with Crippen LogP contribution in [0.4, 0.5) is 26.3 Å². The van der Waals surface area contributed by atoms with E-state index in [4.69, 9.17) is 11.6 Å². The van der Waals surface area contributed by atoms with Gasteiger partial charge in [-0.3, -0.25) is 9.59 Å². The monoisotopic (exact) mass is 638 g/mol. The molecule has 3 aromatic heterocycles. The number of aryl methyl sites for hydroxylation is 1. The number of alkyl halides is 6. The molecular formula is C27H21ClF6N8O2. The zero-order chi connectivity index (χ0) is 32.6. The van der Waals surface area contributed by atoms with E-state index in [9.17, 15) is 41.2 Å². The normalized spacial score (nSPS) is 12.0. The summed E-state index contributed by atoms with van der Waals surface area (Å²) in [5.41, 5.74) is -3.84. The van der Waals surface area contributed by atoms with Crippen molar-refractivity contribution in [2.24, 2.45) is 0 Å². The number of nitriles is 1. The lowest BCUT2D eigenvalue weighted by Crippen LogP contribution is -2.31. The van der Waals surface area contributed by atoms with Crippen LogP contribution in [0.2, 0.25) is 5.02 Å². The maximum atomic E-state index is 13.7. The molecule has 4 aromatic rings. The minimum Gasteiger partial charge on any atom is -0.350 e. The number of hydrogen-bond acceptors (Lipinski definition) is 7. The summed E-state index contributed by atoms with van der Waals surface area (Å²) in [5, 5.41) is 22.3. The van der Waals surface area contributed by atoms with Gasteiger partial charge < -0.3 is 5.32 Å². The van der Waals surface area contributed by atoms with E-state index in [1.54, 1.807) is 20.8 Å². The highest BCUT2D eigenvalue weighted by molar-refractivity contribution is 6.32. The van der Waals surface area contributed by atoms with Crippen LogP contribution in [0.3, 0.4) is 0 Å². The quantitative estimate of drug-likeness (QED) is 0.204. The summed E-state index contributed by atoms with van der Waals surface area (Å²) in [6.07, 6.45) is -9.95. The Bertz CT molecular complexity index is 1750. The fourth-order valence-corrected chi connectivity index (χ4v) is 4.46. The standard InChI is InChI=1S/C27H21ClF6N8O2/c1-13(2)37-25(44)18-8-15(11-35)7-14(3)17(18)10-21(43)20-9-16(38-42(20)24-19(28)5-4-6-36-24)12-41-39-22(26(29,30)31)23(40-41)27(32,33)34/h4-9,13H,10,12H2,1-3H3,(H,37,44). The molecule has 0 saturated carbocycles. The Morgan fingerprint density at radius 3 is 2.23 bits per heavy atom. The topological polar surface area (TPSA) is 131 Å². The van der Waals surface area contributed by atoms with E-state index in [0.717, 1.165) is 10.7 Å². The van der Waals surface area contributed by atoms with Crippen molar-refractivity contribution >= 4 is 23.3 Å². The Kier molecular flexibility index (Phi) is 8.82. The first-order chi connectivity index (χ1) is 20.5. The van der Waals surface area contributed by atoms with Gasteiger partial charge >= 0.3 is 12.4 Å². The first kappa shape index (κ1) is 32.1. The fraction of sp³-hybridized carbons (Fsp3) is 0.296. The third kappa shape index (κ3) is 6.88. The van der Waals surface area contributed by atoms with Crippen molar-refractivity contribution in [1.29, 1.82) is 5.26 Å². The number of nitrogens with zero attached hydrogens (tertiary/aromatic N) is 7. The molecule has 0 aliphatic rings. The number of carbonyl (C=O) groups is 2. The van der Waals surface area contributed by atoms with E-state index < -0.39 is 48.4 Å². The average molecular weight is 639 g/mol. The van der Waals surface area contributed by atoms with Gasteiger partial charge in [0, 0.05) is 24.2 Å². The molecule has 0 unspecified atom stereocenters. The molecule has 0 atom stereocenters. The summed E-state index contributed by atoms with van der Waals surface area (Å²) in [5.74, 6) is -1.24. The molecule has 1 aromatic carbocycles. The van der Waals surface area contributed by atoms with Crippen molar-refractivity contribution in [2.75, 3.05) is 0 Å². The molecule has 44 heavy (non-hydrogen) atoms. The molecule has 0 spiro atoms. The summed E-state index contributed by atoms with van der Waals surface area (Å²) >= 11 is 6.27. The lowest BCUT2D eigenvalue weighted by molar-refractivity contribution is -0.165. The average Bonchev–Trinajstić information content (AvgIpc) is 3.54. The highest BCUT2D eigenvalue weighted by Gasteiger charge is 2.48. The molecule has 17 heteroatoms. The molecule has 10 nitrogen and oxygen atoms in total. The summed E-state index contributed by atoms with van der Waals surface area (Å²) in [6, 6.07) is 8.57. The van der Waals surface area contributed by atoms with Crippen LogP contribution in [0.25, 0.3) is 5.82 Å². The molecule has 1 N–H and O–H groups in total. The molecule has 0 saturated heterocycles. The lowest BCUT2D eigenvalue weighted by atomic mass is 9.93. The number of aromatic nitrogens is 6. The van der Waals surface area contributed by atoms with Crippen molar-refractivity contribution in [2.45, 2.75) is 52.1 Å². The van der Waals surface area contributed by atoms with Gasteiger partial charge in [-0.15, -0.1) is 10.2 Å². The van der Waals surface area contributed by atoms with Gasteiger partial charge in [-0.05, 0) is 62.2 Å². The maximum Gasteiger partial charge on any atom is 0.437 e. The van der Waals surface area contributed by atoms with Crippen molar-refractivity contribution in [3.05, 3.63) is 86.6 Å². The zero-order valence-corrected chi connectivity index (χ0v) is 23.8. The minimum atomic E-state index is -5.44. The Labute approximate surface area is 250 Å². The predicted molar refractivity (Wildman–Crippen MR) is 142 cm³/mol. The number of ketones is 1. The molecule has 1 amide bonds. The first-order valence-corrected chi connectivity index (χ1v) is 13.0. The highest BCUT2D eigenvalue weighted by atomic mass is 35.5. The van der Waals surface area contributed by atoms with E-state index in [-0.39, 0.29) is 49.8 Å². The maximum absolute atomic E-state index is 13.7. The molecule has 230 valence electrons.